The standard InChI is InChI=1S/C37H38N2O4/c1-36(2)19-18-32-37(24-36,35(42)43-3)21-29(20-33(40)38-22-27-14-8-12-25-10-4-6-16-30(25)27)34(41)39(32)23-28-15-9-13-26-11-5-7-17-31(26)28/h4-18,29H,19-24H2,1-3H3,(H,38,40)/t29-,37-/m1/s1. The monoisotopic (exact) mass is 574 g/mol. The van der Waals surface area contributed by atoms with Crippen molar-refractivity contribution in [2.24, 2.45) is 16.7 Å². The molecule has 4 aromatic rings. The van der Waals surface area contributed by atoms with E-state index in [0.717, 1.165) is 39.1 Å². The second-order valence-electron chi connectivity index (χ2n) is 12.8. The predicted octanol–water partition coefficient (Wildman–Crippen LogP) is 6.91. The van der Waals surface area contributed by atoms with Crippen LogP contribution in [0.5, 0.6) is 0 Å². The molecule has 1 heterocycles. The predicted molar refractivity (Wildman–Crippen MR) is 169 cm³/mol. The summed E-state index contributed by atoms with van der Waals surface area (Å²) in [7, 11) is 1.41. The zero-order valence-corrected chi connectivity index (χ0v) is 25.1. The molecule has 0 spiro atoms. The summed E-state index contributed by atoms with van der Waals surface area (Å²) in [6.07, 6.45) is 3.60. The minimum absolute atomic E-state index is 0.00207. The van der Waals surface area contributed by atoms with Crippen molar-refractivity contribution >= 4 is 39.3 Å². The fourth-order valence-electron chi connectivity index (χ4n) is 7.26. The number of hydrogen-bond donors (Lipinski definition) is 1. The molecule has 43 heavy (non-hydrogen) atoms. The molecule has 220 valence electrons. The van der Waals surface area contributed by atoms with Gasteiger partial charge >= 0.3 is 5.97 Å². The Morgan fingerprint density at radius 1 is 0.884 bits per heavy atom. The SMILES string of the molecule is COC(=O)[C@@]12C[C@@H](CC(=O)NCc3cccc4ccccc34)C(=O)N(Cc3cccc4ccccc34)C1=CCC(C)(C)C2. The number of methoxy groups -OCH3 is 1. The normalized spacial score (nSPS) is 21.3. The van der Waals surface area contributed by atoms with Crippen LogP contribution in [0.25, 0.3) is 21.5 Å². The first kappa shape index (κ1) is 28.7. The van der Waals surface area contributed by atoms with Gasteiger partial charge in [0.15, 0.2) is 0 Å². The Morgan fingerprint density at radius 2 is 1.49 bits per heavy atom. The van der Waals surface area contributed by atoms with Crippen molar-refractivity contribution < 1.29 is 19.1 Å². The molecular formula is C37H38N2O4. The topological polar surface area (TPSA) is 75.7 Å². The van der Waals surface area contributed by atoms with Crippen LogP contribution in [0.1, 0.15) is 50.7 Å². The molecular weight excluding hydrogens is 536 g/mol. The summed E-state index contributed by atoms with van der Waals surface area (Å²) in [6.45, 7) is 4.96. The van der Waals surface area contributed by atoms with E-state index in [9.17, 15) is 14.4 Å². The third-order valence-electron chi connectivity index (χ3n) is 9.19. The number of piperidine rings is 1. The Balaban J connectivity index is 1.32. The van der Waals surface area contributed by atoms with E-state index in [1.165, 1.54) is 7.11 Å². The van der Waals surface area contributed by atoms with E-state index in [1.54, 1.807) is 4.90 Å². The third-order valence-corrected chi connectivity index (χ3v) is 9.19. The zero-order chi connectivity index (χ0) is 30.2. The Hall–Kier alpha value is -4.45. The average molecular weight is 575 g/mol. The average Bonchev–Trinajstić information content (AvgIpc) is 3.01. The number of allylic oxidation sites excluding steroid dienone is 1. The summed E-state index contributed by atoms with van der Waals surface area (Å²) in [4.78, 5) is 43.2. The number of esters is 1. The highest BCUT2D eigenvalue weighted by Crippen LogP contribution is 2.55. The number of rotatable bonds is 7. The highest BCUT2D eigenvalue weighted by molar-refractivity contribution is 5.93. The van der Waals surface area contributed by atoms with Crippen LogP contribution >= 0.6 is 0 Å². The number of benzene rings is 4. The van der Waals surface area contributed by atoms with E-state index in [0.29, 0.717) is 25.2 Å². The summed E-state index contributed by atoms with van der Waals surface area (Å²) >= 11 is 0. The smallest absolute Gasteiger partial charge is 0.317 e. The maximum atomic E-state index is 14.3. The summed E-state index contributed by atoms with van der Waals surface area (Å²) < 4.78 is 5.43. The Morgan fingerprint density at radius 3 is 2.16 bits per heavy atom. The lowest BCUT2D eigenvalue weighted by Crippen LogP contribution is -2.55. The Kier molecular flexibility index (Phi) is 7.55. The lowest BCUT2D eigenvalue weighted by Gasteiger charge is -2.51. The summed E-state index contributed by atoms with van der Waals surface area (Å²) in [5.74, 6) is -1.34. The highest BCUT2D eigenvalue weighted by Gasteiger charge is 2.57. The minimum atomic E-state index is -1.00. The summed E-state index contributed by atoms with van der Waals surface area (Å²) in [6, 6.07) is 28.3. The molecule has 1 aliphatic heterocycles. The first-order chi connectivity index (χ1) is 20.7. The molecule has 4 aromatic carbocycles. The molecule has 0 bridgehead atoms. The number of ether oxygens (including phenoxy) is 1. The molecule has 2 atom stereocenters. The number of carbonyl (C=O) groups is 3. The van der Waals surface area contributed by atoms with Crippen LogP contribution in [0.4, 0.5) is 0 Å². The van der Waals surface area contributed by atoms with Gasteiger partial charge in [-0.15, -0.1) is 0 Å². The molecule has 1 saturated heterocycles. The molecule has 1 fully saturated rings. The second-order valence-corrected chi connectivity index (χ2v) is 12.8. The number of nitrogens with zero attached hydrogens (tertiary/aromatic N) is 1. The van der Waals surface area contributed by atoms with Crippen molar-refractivity contribution in [3.05, 3.63) is 108 Å². The van der Waals surface area contributed by atoms with E-state index < -0.39 is 11.3 Å². The van der Waals surface area contributed by atoms with Gasteiger partial charge in [0.2, 0.25) is 11.8 Å². The van der Waals surface area contributed by atoms with E-state index in [4.69, 9.17) is 4.74 Å². The van der Waals surface area contributed by atoms with Crippen molar-refractivity contribution in [2.45, 2.75) is 52.6 Å². The molecule has 6 heteroatoms. The maximum Gasteiger partial charge on any atom is 0.317 e. The van der Waals surface area contributed by atoms with Crippen LogP contribution in [0.15, 0.2) is 96.7 Å². The quantitative estimate of drug-likeness (QED) is 0.243. The van der Waals surface area contributed by atoms with Gasteiger partial charge in [0.05, 0.1) is 13.7 Å². The van der Waals surface area contributed by atoms with Crippen LogP contribution in [-0.2, 0) is 32.2 Å². The molecule has 6 rings (SSSR count). The van der Waals surface area contributed by atoms with Gasteiger partial charge in [0.25, 0.3) is 0 Å². The van der Waals surface area contributed by atoms with E-state index in [2.05, 4.69) is 55.6 Å². The lowest BCUT2D eigenvalue weighted by molar-refractivity contribution is -0.162. The third kappa shape index (κ3) is 5.42. The number of likely N-dealkylation sites (tertiary alicyclic amines) is 1. The molecule has 0 saturated carbocycles. The van der Waals surface area contributed by atoms with Crippen LogP contribution < -0.4 is 5.32 Å². The van der Waals surface area contributed by atoms with Gasteiger partial charge in [0, 0.05) is 24.6 Å². The molecule has 0 radical (unpaired) electrons. The molecule has 0 aromatic heterocycles. The van der Waals surface area contributed by atoms with E-state index in [1.807, 2.05) is 54.6 Å². The first-order valence-electron chi connectivity index (χ1n) is 15.0. The summed E-state index contributed by atoms with van der Waals surface area (Å²) in [5.41, 5.74) is 1.56. The van der Waals surface area contributed by atoms with Gasteiger partial charge in [-0.25, -0.2) is 0 Å². The van der Waals surface area contributed by atoms with Crippen molar-refractivity contribution in [3.8, 4) is 0 Å². The van der Waals surface area contributed by atoms with Gasteiger partial charge in [-0.3, -0.25) is 14.4 Å². The fraction of sp³-hybridized carbons (Fsp3) is 0.324. The fourth-order valence-corrected chi connectivity index (χ4v) is 7.26. The molecule has 6 nitrogen and oxygen atoms in total. The lowest BCUT2D eigenvalue weighted by atomic mass is 9.59. The maximum absolute atomic E-state index is 14.3. The van der Waals surface area contributed by atoms with Gasteiger partial charge in [0.1, 0.15) is 5.41 Å². The molecule has 2 aliphatic rings. The number of hydrogen-bond acceptors (Lipinski definition) is 4. The van der Waals surface area contributed by atoms with Crippen molar-refractivity contribution in [1.82, 2.24) is 10.2 Å². The first-order valence-corrected chi connectivity index (χ1v) is 15.0. The largest absolute Gasteiger partial charge is 0.468 e. The Bertz CT molecular complexity index is 1750. The molecule has 1 N–H and O–H groups in total. The molecule has 0 unspecified atom stereocenters. The molecule has 1 aliphatic carbocycles. The van der Waals surface area contributed by atoms with E-state index >= 15 is 0 Å². The van der Waals surface area contributed by atoms with Gasteiger partial charge in [-0.1, -0.05) is 105 Å². The Labute approximate surface area is 252 Å². The van der Waals surface area contributed by atoms with Crippen LogP contribution in [0, 0.1) is 16.7 Å². The van der Waals surface area contributed by atoms with Crippen molar-refractivity contribution in [1.29, 1.82) is 0 Å². The number of fused-ring (bicyclic) bond motifs is 3. The molecule has 2 amide bonds. The van der Waals surface area contributed by atoms with Gasteiger partial charge in [-0.05, 0) is 57.3 Å². The number of carbonyl (C=O) groups excluding carboxylic acids is 3. The van der Waals surface area contributed by atoms with Crippen molar-refractivity contribution in [2.75, 3.05) is 7.11 Å². The second kappa shape index (κ2) is 11.3. The van der Waals surface area contributed by atoms with Crippen LogP contribution in [-0.4, -0.2) is 29.8 Å². The van der Waals surface area contributed by atoms with Gasteiger partial charge < -0.3 is 15.0 Å². The summed E-state index contributed by atoms with van der Waals surface area (Å²) in [5, 5.41) is 7.40. The minimum Gasteiger partial charge on any atom is -0.468 e. The van der Waals surface area contributed by atoms with E-state index in [-0.39, 0.29) is 36.0 Å². The number of nitrogens with one attached hydrogen (secondary N) is 1. The number of amides is 2. The van der Waals surface area contributed by atoms with Crippen molar-refractivity contribution in [3.63, 3.8) is 0 Å². The van der Waals surface area contributed by atoms with Crippen LogP contribution in [0.2, 0.25) is 0 Å². The van der Waals surface area contributed by atoms with Gasteiger partial charge in [-0.2, -0.15) is 0 Å². The zero-order valence-electron chi connectivity index (χ0n) is 25.1. The van der Waals surface area contributed by atoms with Crippen LogP contribution in [0.3, 0.4) is 0 Å². The highest BCUT2D eigenvalue weighted by atomic mass is 16.5.